The van der Waals surface area contributed by atoms with Crippen molar-refractivity contribution in [3.05, 3.63) is 89.0 Å². The van der Waals surface area contributed by atoms with Crippen molar-refractivity contribution in [2.75, 3.05) is 5.32 Å². The molecular weight excluding hydrogens is 464 g/mol. The highest BCUT2D eigenvalue weighted by atomic mass is 16.2. The monoisotopic (exact) mass is 494 g/mol. The number of aromatic nitrogens is 4. The Hall–Kier alpha value is -4.20. The molecular formula is C29H30N6O2. The van der Waals surface area contributed by atoms with Gasteiger partial charge in [0.2, 0.25) is 5.91 Å². The number of H-pyrrole nitrogens is 1. The molecule has 1 spiro atoms. The molecule has 0 bridgehead atoms. The van der Waals surface area contributed by atoms with Gasteiger partial charge in [-0.1, -0.05) is 36.4 Å². The molecule has 2 amide bonds. The molecule has 4 aromatic rings. The third-order valence-electron chi connectivity index (χ3n) is 8.01. The number of aromatic amines is 1. The zero-order valence-electron chi connectivity index (χ0n) is 21.2. The van der Waals surface area contributed by atoms with Gasteiger partial charge in [-0.15, -0.1) is 0 Å². The number of benzene rings is 2. The lowest BCUT2D eigenvalue weighted by Crippen LogP contribution is -2.49. The minimum absolute atomic E-state index is 0.0195. The molecule has 2 aliphatic rings. The van der Waals surface area contributed by atoms with Crippen LogP contribution in [0.5, 0.6) is 0 Å². The van der Waals surface area contributed by atoms with E-state index in [1.807, 2.05) is 50.2 Å². The van der Waals surface area contributed by atoms with Crippen LogP contribution >= 0.6 is 0 Å². The molecule has 2 heterocycles. The molecule has 188 valence electrons. The molecule has 0 saturated heterocycles. The number of carbonyl (C=O) groups excluding carboxylic acids is 2. The molecule has 1 unspecified atom stereocenters. The zero-order chi connectivity index (χ0) is 25.7. The summed E-state index contributed by atoms with van der Waals surface area (Å²) in [5, 5.41) is 17.6. The third-order valence-corrected chi connectivity index (χ3v) is 8.01. The average molecular weight is 495 g/mol. The van der Waals surface area contributed by atoms with Crippen molar-refractivity contribution in [1.82, 2.24) is 25.3 Å². The number of carbonyl (C=O) groups is 2. The molecule has 37 heavy (non-hydrogen) atoms. The molecule has 3 N–H and O–H groups in total. The number of aryl methyl sites for hydroxylation is 3. The third kappa shape index (κ3) is 4.02. The average Bonchev–Trinajstić information content (AvgIpc) is 3.21. The first-order valence-corrected chi connectivity index (χ1v) is 12.7. The van der Waals surface area contributed by atoms with Crippen LogP contribution in [0, 0.1) is 19.3 Å². The Labute approximate surface area is 215 Å². The molecule has 2 atom stereocenters. The van der Waals surface area contributed by atoms with E-state index in [1.54, 1.807) is 19.3 Å². The molecule has 2 aliphatic carbocycles. The van der Waals surface area contributed by atoms with Crippen LogP contribution in [0.25, 0.3) is 11.1 Å². The Bertz CT molecular complexity index is 1480. The summed E-state index contributed by atoms with van der Waals surface area (Å²) in [7, 11) is 1.72. The number of anilines is 1. The molecule has 0 aliphatic heterocycles. The minimum atomic E-state index is -0.716. The number of nitrogens with zero attached hydrogens (tertiary/aromatic N) is 3. The molecule has 8 nitrogen and oxygen atoms in total. The van der Waals surface area contributed by atoms with Crippen LogP contribution in [0.4, 0.5) is 5.69 Å². The minimum Gasteiger partial charge on any atom is -0.338 e. The van der Waals surface area contributed by atoms with E-state index in [0.29, 0.717) is 11.4 Å². The van der Waals surface area contributed by atoms with Gasteiger partial charge < -0.3 is 10.6 Å². The summed E-state index contributed by atoms with van der Waals surface area (Å²) in [5.74, 6) is -0.607. The van der Waals surface area contributed by atoms with Crippen molar-refractivity contribution < 1.29 is 9.59 Å². The maximum atomic E-state index is 13.9. The standard InChI is InChI=1S/C29H30N6O2/c1-17-24(18(2)34-33-17)19-8-10-21(11-9-19)31-28(37)26(32-27(36)23-12-15-30-35(23)3)25-22-7-5-4-6-20(22)16-29(25)13-14-29/h4-12,15,25-26H,13-14,16H2,1-3H3,(H,31,37)(H,32,36)(H,33,34)/t25?,26-/m0/s1. The highest BCUT2D eigenvalue weighted by Crippen LogP contribution is 2.64. The highest BCUT2D eigenvalue weighted by molar-refractivity contribution is 6.01. The van der Waals surface area contributed by atoms with E-state index in [9.17, 15) is 9.59 Å². The number of rotatable bonds is 6. The van der Waals surface area contributed by atoms with E-state index < -0.39 is 6.04 Å². The fraction of sp³-hybridized carbons (Fsp3) is 0.310. The van der Waals surface area contributed by atoms with Crippen molar-refractivity contribution in [1.29, 1.82) is 0 Å². The number of amides is 2. The number of hydrogen-bond donors (Lipinski definition) is 3. The van der Waals surface area contributed by atoms with Crippen LogP contribution in [0.15, 0.2) is 60.8 Å². The van der Waals surface area contributed by atoms with E-state index in [2.05, 4.69) is 38.1 Å². The van der Waals surface area contributed by atoms with E-state index in [0.717, 1.165) is 47.3 Å². The second-order valence-electron chi connectivity index (χ2n) is 10.4. The predicted octanol–water partition coefficient (Wildman–Crippen LogP) is 4.28. The summed E-state index contributed by atoms with van der Waals surface area (Å²) in [6, 6.07) is 17.0. The van der Waals surface area contributed by atoms with Crippen molar-refractivity contribution in [2.45, 2.75) is 45.1 Å². The molecule has 2 aromatic heterocycles. The van der Waals surface area contributed by atoms with E-state index in [-0.39, 0.29) is 23.1 Å². The lowest BCUT2D eigenvalue weighted by Gasteiger charge is -2.29. The topological polar surface area (TPSA) is 105 Å². The van der Waals surface area contributed by atoms with Crippen molar-refractivity contribution in [3.8, 4) is 11.1 Å². The molecule has 0 radical (unpaired) electrons. The van der Waals surface area contributed by atoms with Crippen molar-refractivity contribution >= 4 is 17.5 Å². The lowest BCUT2D eigenvalue weighted by molar-refractivity contribution is -0.118. The van der Waals surface area contributed by atoms with Gasteiger partial charge in [0.15, 0.2) is 0 Å². The molecule has 2 aromatic carbocycles. The Morgan fingerprint density at radius 2 is 1.84 bits per heavy atom. The van der Waals surface area contributed by atoms with Crippen LogP contribution in [0.3, 0.4) is 0 Å². The maximum absolute atomic E-state index is 13.9. The fourth-order valence-corrected chi connectivity index (χ4v) is 6.03. The zero-order valence-corrected chi connectivity index (χ0v) is 21.2. The van der Waals surface area contributed by atoms with Crippen LogP contribution in [0.1, 0.15) is 51.8 Å². The van der Waals surface area contributed by atoms with Crippen LogP contribution in [-0.4, -0.2) is 37.8 Å². The van der Waals surface area contributed by atoms with Gasteiger partial charge in [-0.3, -0.25) is 19.4 Å². The highest BCUT2D eigenvalue weighted by Gasteiger charge is 2.58. The lowest BCUT2D eigenvalue weighted by atomic mass is 9.82. The van der Waals surface area contributed by atoms with Gasteiger partial charge in [0.05, 0.1) is 5.69 Å². The Morgan fingerprint density at radius 1 is 1.08 bits per heavy atom. The summed E-state index contributed by atoms with van der Waals surface area (Å²) < 4.78 is 1.53. The molecule has 8 heteroatoms. The fourth-order valence-electron chi connectivity index (χ4n) is 6.03. The number of nitrogens with one attached hydrogen (secondary N) is 3. The number of fused-ring (bicyclic) bond motifs is 1. The van der Waals surface area contributed by atoms with Crippen molar-refractivity contribution in [3.63, 3.8) is 0 Å². The summed E-state index contributed by atoms with van der Waals surface area (Å²) in [5.41, 5.74) is 7.59. The van der Waals surface area contributed by atoms with Gasteiger partial charge in [0, 0.05) is 36.1 Å². The van der Waals surface area contributed by atoms with Crippen LogP contribution in [-0.2, 0) is 18.3 Å². The van der Waals surface area contributed by atoms with Crippen LogP contribution < -0.4 is 10.6 Å². The van der Waals surface area contributed by atoms with Crippen LogP contribution in [0.2, 0.25) is 0 Å². The SMILES string of the molecule is Cc1n[nH]c(C)c1-c1ccc(NC(=O)[C@@H](NC(=O)c2ccnn2C)C2c3ccccc3CC23CC3)cc1. The van der Waals surface area contributed by atoms with Gasteiger partial charge in [-0.25, -0.2) is 0 Å². The van der Waals surface area contributed by atoms with E-state index in [4.69, 9.17) is 0 Å². The Kier molecular flexibility index (Phi) is 5.47. The first-order chi connectivity index (χ1) is 17.9. The normalized spacial score (nSPS) is 17.9. The number of hydrogen-bond acceptors (Lipinski definition) is 4. The van der Waals surface area contributed by atoms with Gasteiger partial charge in [-0.05, 0) is 73.4 Å². The summed E-state index contributed by atoms with van der Waals surface area (Å²) >= 11 is 0. The second kappa shape index (κ2) is 8.73. The van der Waals surface area contributed by atoms with E-state index in [1.165, 1.54) is 10.2 Å². The second-order valence-corrected chi connectivity index (χ2v) is 10.4. The molecule has 1 saturated carbocycles. The quantitative estimate of drug-likeness (QED) is 0.372. The Balaban J connectivity index is 1.31. The van der Waals surface area contributed by atoms with E-state index >= 15 is 0 Å². The summed E-state index contributed by atoms with van der Waals surface area (Å²) in [4.78, 5) is 27.1. The summed E-state index contributed by atoms with van der Waals surface area (Å²) in [6.45, 7) is 3.96. The van der Waals surface area contributed by atoms with Gasteiger partial charge in [0.25, 0.3) is 5.91 Å². The maximum Gasteiger partial charge on any atom is 0.270 e. The van der Waals surface area contributed by atoms with Gasteiger partial charge in [-0.2, -0.15) is 10.2 Å². The van der Waals surface area contributed by atoms with Gasteiger partial charge in [0.1, 0.15) is 11.7 Å². The largest absolute Gasteiger partial charge is 0.338 e. The summed E-state index contributed by atoms with van der Waals surface area (Å²) in [6.07, 6.45) is 4.63. The first kappa shape index (κ1) is 23.2. The first-order valence-electron chi connectivity index (χ1n) is 12.7. The molecule has 1 fully saturated rings. The predicted molar refractivity (Wildman–Crippen MR) is 141 cm³/mol. The smallest absolute Gasteiger partial charge is 0.270 e. The molecule has 6 rings (SSSR count). The van der Waals surface area contributed by atoms with Gasteiger partial charge >= 0.3 is 0 Å². The van der Waals surface area contributed by atoms with Crippen molar-refractivity contribution in [2.24, 2.45) is 12.5 Å². The Morgan fingerprint density at radius 3 is 2.49 bits per heavy atom.